The highest BCUT2D eigenvalue weighted by atomic mass is 16.5. The van der Waals surface area contributed by atoms with Crippen LogP contribution >= 0.6 is 0 Å². The van der Waals surface area contributed by atoms with Gasteiger partial charge in [0, 0.05) is 25.1 Å². The van der Waals surface area contributed by atoms with Gasteiger partial charge in [-0.2, -0.15) is 0 Å². The summed E-state index contributed by atoms with van der Waals surface area (Å²) in [5.41, 5.74) is 2.45. The van der Waals surface area contributed by atoms with Crippen molar-refractivity contribution >= 4 is 17.8 Å². The molecular formula is C23H28N2O5. The molecule has 0 saturated carbocycles. The van der Waals surface area contributed by atoms with Gasteiger partial charge in [-0.1, -0.05) is 42.5 Å². The Morgan fingerprint density at radius 2 is 1.63 bits per heavy atom. The second-order valence-corrected chi connectivity index (χ2v) is 6.81. The number of amides is 2. The number of aliphatic hydroxyl groups is 1. The Kier molecular flexibility index (Phi) is 9.54. The van der Waals surface area contributed by atoms with Crippen molar-refractivity contribution in [1.29, 1.82) is 0 Å². The minimum absolute atomic E-state index is 0.0124. The first kappa shape index (κ1) is 23.1. The number of unbranched alkanes of at least 4 members (excludes halogenated alkanes) is 1. The van der Waals surface area contributed by atoms with Gasteiger partial charge in [0.05, 0.1) is 7.11 Å². The van der Waals surface area contributed by atoms with Gasteiger partial charge >= 0.3 is 5.97 Å². The molecule has 7 heteroatoms. The largest absolute Gasteiger partial charge is 0.469 e. The van der Waals surface area contributed by atoms with E-state index in [1.165, 1.54) is 7.11 Å². The monoisotopic (exact) mass is 412 g/mol. The van der Waals surface area contributed by atoms with Gasteiger partial charge in [-0.3, -0.25) is 14.4 Å². The number of carbonyl (C=O) groups excluding carboxylic acids is 3. The standard InChI is InChI=1S/C23H28N2O5/c1-30-21(27)14-13-20(23(29)24-15-5-6-16-26)25-22(28)19-11-9-18(10-12-19)17-7-3-2-4-8-17/h2-4,7-12,20,26H,5-6,13-16H2,1H3,(H,24,29)(H,25,28). The van der Waals surface area contributed by atoms with Crippen molar-refractivity contribution in [3.8, 4) is 11.1 Å². The van der Waals surface area contributed by atoms with Crippen LogP contribution in [0.15, 0.2) is 54.6 Å². The fourth-order valence-corrected chi connectivity index (χ4v) is 2.89. The van der Waals surface area contributed by atoms with Crippen LogP contribution in [0.25, 0.3) is 11.1 Å². The van der Waals surface area contributed by atoms with Crippen LogP contribution in [0.2, 0.25) is 0 Å². The number of hydrogen-bond donors (Lipinski definition) is 3. The van der Waals surface area contributed by atoms with Crippen molar-refractivity contribution in [3.05, 3.63) is 60.2 Å². The van der Waals surface area contributed by atoms with Crippen LogP contribution < -0.4 is 10.6 Å². The lowest BCUT2D eigenvalue weighted by Gasteiger charge is -2.18. The number of methoxy groups -OCH3 is 1. The van der Waals surface area contributed by atoms with E-state index in [1.54, 1.807) is 12.1 Å². The van der Waals surface area contributed by atoms with E-state index in [4.69, 9.17) is 5.11 Å². The van der Waals surface area contributed by atoms with Crippen LogP contribution in [0.1, 0.15) is 36.0 Å². The number of rotatable bonds is 11. The molecular weight excluding hydrogens is 384 g/mol. The van der Waals surface area contributed by atoms with E-state index >= 15 is 0 Å². The molecule has 2 aromatic carbocycles. The zero-order chi connectivity index (χ0) is 21.8. The molecule has 3 N–H and O–H groups in total. The minimum Gasteiger partial charge on any atom is -0.469 e. The quantitative estimate of drug-likeness (QED) is 0.388. The van der Waals surface area contributed by atoms with Crippen molar-refractivity contribution in [3.63, 3.8) is 0 Å². The van der Waals surface area contributed by atoms with Crippen molar-refractivity contribution in [2.45, 2.75) is 31.7 Å². The zero-order valence-corrected chi connectivity index (χ0v) is 17.1. The number of ether oxygens (including phenoxy) is 1. The fraction of sp³-hybridized carbons (Fsp3) is 0.348. The number of hydrogen-bond acceptors (Lipinski definition) is 5. The molecule has 0 fully saturated rings. The summed E-state index contributed by atoms with van der Waals surface area (Å²) >= 11 is 0. The molecule has 0 bridgehead atoms. The smallest absolute Gasteiger partial charge is 0.305 e. The Hall–Kier alpha value is -3.19. The number of benzene rings is 2. The molecule has 0 heterocycles. The van der Waals surface area contributed by atoms with Gasteiger partial charge in [-0.15, -0.1) is 0 Å². The molecule has 0 aromatic heterocycles. The first-order valence-corrected chi connectivity index (χ1v) is 9.97. The van der Waals surface area contributed by atoms with Crippen molar-refractivity contribution < 1.29 is 24.2 Å². The third kappa shape index (κ3) is 7.33. The topological polar surface area (TPSA) is 105 Å². The van der Waals surface area contributed by atoms with E-state index in [0.717, 1.165) is 11.1 Å². The molecule has 7 nitrogen and oxygen atoms in total. The van der Waals surface area contributed by atoms with E-state index in [0.29, 0.717) is 24.9 Å². The lowest BCUT2D eigenvalue weighted by Crippen LogP contribution is -2.47. The number of carbonyl (C=O) groups is 3. The summed E-state index contributed by atoms with van der Waals surface area (Å²) < 4.78 is 4.63. The summed E-state index contributed by atoms with van der Waals surface area (Å²) in [7, 11) is 1.28. The molecule has 160 valence electrons. The molecule has 2 amide bonds. The van der Waals surface area contributed by atoms with Gasteiger partial charge in [0.2, 0.25) is 5.91 Å². The van der Waals surface area contributed by atoms with Gasteiger partial charge in [0.25, 0.3) is 5.91 Å². The second-order valence-electron chi connectivity index (χ2n) is 6.81. The molecule has 0 radical (unpaired) electrons. The maximum Gasteiger partial charge on any atom is 0.305 e. The molecule has 2 aromatic rings. The van der Waals surface area contributed by atoms with Crippen LogP contribution in [0.3, 0.4) is 0 Å². The van der Waals surface area contributed by atoms with Crippen LogP contribution in [0.5, 0.6) is 0 Å². The molecule has 0 aliphatic heterocycles. The second kappa shape index (κ2) is 12.4. The highest BCUT2D eigenvalue weighted by Crippen LogP contribution is 2.19. The van der Waals surface area contributed by atoms with Crippen molar-refractivity contribution in [2.24, 2.45) is 0 Å². The zero-order valence-electron chi connectivity index (χ0n) is 17.1. The Morgan fingerprint density at radius 3 is 2.27 bits per heavy atom. The predicted octanol–water partition coefficient (Wildman–Crippen LogP) is 2.29. The minimum atomic E-state index is -0.862. The van der Waals surface area contributed by atoms with Crippen LogP contribution in [-0.2, 0) is 14.3 Å². The number of esters is 1. The third-order valence-electron chi connectivity index (χ3n) is 4.62. The van der Waals surface area contributed by atoms with Crippen LogP contribution in [0.4, 0.5) is 0 Å². The van der Waals surface area contributed by atoms with Gasteiger partial charge in [-0.05, 0) is 42.5 Å². The number of aliphatic hydroxyl groups excluding tert-OH is 1. The average molecular weight is 412 g/mol. The van der Waals surface area contributed by atoms with E-state index < -0.39 is 17.9 Å². The van der Waals surface area contributed by atoms with Crippen LogP contribution in [-0.4, -0.2) is 49.2 Å². The van der Waals surface area contributed by atoms with E-state index in [-0.39, 0.29) is 25.4 Å². The van der Waals surface area contributed by atoms with Crippen LogP contribution in [0, 0.1) is 0 Å². The molecule has 1 atom stereocenters. The Labute approximate surface area is 176 Å². The summed E-state index contributed by atoms with van der Waals surface area (Å²) in [6, 6.07) is 16.0. The van der Waals surface area contributed by atoms with Gasteiger partial charge in [0.15, 0.2) is 0 Å². The average Bonchev–Trinajstić information content (AvgIpc) is 2.79. The van der Waals surface area contributed by atoms with Gasteiger partial charge < -0.3 is 20.5 Å². The molecule has 30 heavy (non-hydrogen) atoms. The highest BCUT2D eigenvalue weighted by molar-refractivity contribution is 5.98. The maximum absolute atomic E-state index is 12.7. The Morgan fingerprint density at radius 1 is 0.967 bits per heavy atom. The van der Waals surface area contributed by atoms with Gasteiger partial charge in [-0.25, -0.2) is 0 Å². The lowest BCUT2D eigenvalue weighted by molar-refractivity contribution is -0.140. The lowest BCUT2D eigenvalue weighted by atomic mass is 10.0. The van der Waals surface area contributed by atoms with E-state index in [1.807, 2.05) is 42.5 Å². The fourth-order valence-electron chi connectivity index (χ4n) is 2.89. The van der Waals surface area contributed by atoms with Crippen molar-refractivity contribution in [2.75, 3.05) is 20.3 Å². The first-order valence-electron chi connectivity index (χ1n) is 9.97. The van der Waals surface area contributed by atoms with E-state index in [9.17, 15) is 14.4 Å². The maximum atomic E-state index is 12.7. The molecule has 0 aliphatic rings. The SMILES string of the molecule is COC(=O)CCC(NC(=O)c1ccc(-c2ccccc2)cc1)C(=O)NCCCCO. The summed E-state index contributed by atoms with van der Waals surface area (Å²) in [5, 5.41) is 14.3. The molecule has 0 spiro atoms. The highest BCUT2D eigenvalue weighted by Gasteiger charge is 2.22. The number of nitrogens with one attached hydrogen (secondary N) is 2. The van der Waals surface area contributed by atoms with Crippen molar-refractivity contribution in [1.82, 2.24) is 10.6 Å². The molecule has 0 saturated heterocycles. The Balaban J connectivity index is 2.02. The third-order valence-corrected chi connectivity index (χ3v) is 4.62. The van der Waals surface area contributed by atoms with E-state index in [2.05, 4.69) is 15.4 Å². The summed E-state index contributed by atoms with van der Waals surface area (Å²) in [5.74, 6) is -1.21. The molecule has 1 unspecified atom stereocenters. The molecule has 2 rings (SSSR count). The summed E-state index contributed by atoms with van der Waals surface area (Å²) in [6.07, 6.45) is 1.35. The Bertz CT molecular complexity index is 821. The summed E-state index contributed by atoms with van der Waals surface area (Å²) in [6.45, 7) is 0.438. The van der Waals surface area contributed by atoms with Gasteiger partial charge in [0.1, 0.15) is 6.04 Å². The normalized spacial score (nSPS) is 11.4. The molecule has 0 aliphatic carbocycles. The summed E-state index contributed by atoms with van der Waals surface area (Å²) in [4.78, 5) is 36.6. The first-order chi connectivity index (χ1) is 14.5. The predicted molar refractivity (Wildman–Crippen MR) is 114 cm³/mol.